The number of nitrogens with one attached hydrogen (secondary N) is 1. The van der Waals surface area contributed by atoms with Gasteiger partial charge in [0.2, 0.25) is 0 Å². The summed E-state index contributed by atoms with van der Waals surface area (Å²) in [5.41, 5.74) is -0.910. The largest absolute Gasteiger partial charge is 0.466 e. The van der Waals surface area contributed by atoms with Crippen molar-refractivity contribution in [3.63, 3.8) is 0 Å². The molecule has 0 amide bonds. The third-order valence-electron chi connectivity index (χ3n) is 6.44. The van der Waals surface area contributed by atoms with E-state index in [1.165, 1.54) is 42.2 Å². The molecule has 0 aromatic heterocycles. The molecule has 11 heteroatoms. The van der Waals surface area contributed by atoms with Crippen LogP contribution in [0.4, 0.5) is 26.3 Å². The lowest BCUT2D eigenvalue weighted by Crippen LogP contribution is -2.49. The average Bonchev–Trinajstić information content (AvgIpc) is 2.92. The van der Waals surface area contributed by atoms with Gasteiger partial charge in [-0.3, -0.25) is 0 Å². The first-order valence-corrected chi connectivity index (χ1v) is 12.1. The van der Waals surface area contributed by atoms with Crippen molar-refractivity contribution < 1.29 is 35.9 Å². The van der Waals surface area contributed by atoms with Crippen LogP contribution < -0.4 is 5.32 Å². The highest BCUT2D eigenvalue weighted by atomic mass is 19.4. The quantitative estimate of drug-likeness (QED) is 0.264. The Morgan fingerprint density at radius 3 is 2.20 bits per heavy atom. The maximum Gasteiger partial charge on any atom is 0.416 e. The van der Waals surface area contributed by atoms with Gasteiger partial charge in [0.15, 0.2) is 5.96 Å². The van der Waals surface area contributed by atoms with E-state index in [1.54, 1.807) is 12.1 Å². The van der Waals surface area contributed by atoms with Crippen molar-refractivity contribution >= 4 is 11.9 Å². The molecule has 1 unspecified atom stereocenters. The summed E-state index contributed by atoms with van der Waals surface area (Å²) in [6.45, 7) is 1.48. The molecule has 1 aliphatic heterocycles. The van der Waals surface area contributed by atoms with Crippen LogP contribution >= 0.6 is 0 Å². The molecule has 210 valence electrons. The molecule has 1 heterocycles. The molecular formula is C29H25F6N3O2. The van der Waals surface area contributed by atoms with E-state index in [4.69, 9.17) is 4.74 Å². The molecule has 0 saturated heterocycles. The second-order valence-corrected chi connectivity index (χ2v) is 9.06. The number of ether oxygens (including phenoxy) is 1. The molecule has 3 aromatic carbocycles. The number of methoxy groups -OCH3 is 1. The van der Waals surface area contributed by atoms with E-state index in [0.29, 0.717) is 0 Å². The predicted molar refractivity (Wildman–Crippen MR) is 137 cm³/mol. The number of alkyl halides is 6. The van der Waals surface area contributed by atoms with Gasteiger partial charge in [-0.1, -0.05) is 60.7 Å². The highest BCUT2D eigenvalue weighted by molar-refractivity contribution is 5.96. The Morgan fingerprint density at radius 2 is 1.55 bits per heavy atom. The predicted octanol–water partition coefficient (Wildman–Crippen LogP) is 6.87. The van der Waals surface area contributed by atoms with Crippen LogP contribution in [0.5, 0.6) is 0 Å². The van der Waals surface area contributed by atoms with Gasteiger partial charge in [-0.25, -0.2) is 9.79 Å². The van der Waals surface area contributed by atoms with E-state index in [1.807, 2.05) is 18.2 Å². The maximum absolute atomic E-state index is 14.0. The average molecular weight is 562 g/mol. The monoisotopic (exact) mass is 561 g/mol. The first-order chi connectivity index (χ1) is 18.9. The number of carbonyl (C=O) groups is 1. The fraction of sp³-hybridized carbons (Fsp3) is 0.241. The van der Waals surface area contributed by atoms with E-state index in [0.717, 1.165) is 30.9 Å². The number of rotatable bonds is 6. The summed E-state index contributed by atoms with van der Waals surface area (Å²) in [5, 5.41) is 2.96. The Labute approximate surface area is 226 Å². The summed E-state index contributed by atoms with van der Waals surface area (Å²) in [7, 11) is 1.10. The molecule has 0 radical (unpaired) electrons. The minimum atomic E-state index is -4.72. The SMILES string of the molecule is COC(=O)C1=C(C)N(Cc2cccc(C(F)(F)F)c2)C(=NCc2ccccc2)NC1c1ccccc1C(F)(F)F. The molecule has 0 saturated carbocycles. The fourth-order valence-electron chi connectivity index (χ4n) is 4.51. The zero-order valence-corrected chi connectivity index (χ0v) is 21.5. The summed E-state index contributed by atoms with van der Waals surface area (Å²) in [6.07, 6.45) is -9.29. The molecule has 5 nitrogen and oxygen atoms in total. The second kappa shape index (κ2) is 11.4. The van der Waals surface area contributed by atoms with Crippen molar-refractivity contribution in [1.29, 1.82) is 0 Å². The lowest BCUT2D eigenvalue weighted by atomic mass is 9.91. The minimum absolute atomic E-state index is 0.0911. The molecule has 0 aliphatic carbocycles. The zero-order valence-electron chi connectivity index (χ0n) is 21.5. The number of carbonyl (C=O) groups excluding carboxylic acids is 1. The van der Waals surface area contributed by atoms with E-state index < -0.39 is 35.5 Å². The topological polar surface area (TPSA) is 53.9 Å². The van der Waals surface area contributed by atoms with E-state index >= 15 is 0 Å². The number of nitrogens with zero attached hydrogens (tertiary/aromatic N) is 2. The van der Waals surface area contributed by atoms with E-state index in [-0.39, 0.29) is 41.4 Å². The van der Waals surface area contributed by atoms with Crippen LogP contribution in [0.15, 0.2) is 95.1 Å². The number of hydrogen-bond acceptors (Lipinski definition) is 3. The second-order valence-electron chi connectivity index (χ2n) is 9.06. The van der Waals surface area contributed by atoms with Crippen molar-refractivity contribution in [2.24, 2.45) is 4.99 Å². The van der Waals surface area contributed by atoms with Crippen LogP contribution in [0.3, 0.4) is 0 Å². The molecule has 40 heavy (non-hydrogen) atoms. The zero-order chi connectivity index (χ0) is 29.1. The van der Waals surface area contributed by atoms with Gasteiger partial charge in [-0.15, -0.1) is 0 Å². The van der Waals surface area contributed by atoms with Crippen LogP contribution in [0.1, 0.15) is 40.8 Å². The van der Waals surface area contributed by atoms with Gasteiger partial charge in [0.25, 0.3) is 0 Å². The highest BCUT2D eigenvalue weighted by Gasteiger charge is 2.41. The first-order valence-electron chi connectivity index (χ1n) is 12.1. The Hall–Kier alpha value is -4.28. The molecule has 4 rings (SSSR count). The van der Waals surface area contributed by atoms with Crippen molar-refractivity contribution in [3.8, 4) is 0 Å². The number of halogens is 6. The van der Waals surface area contributed by atoms with Crippen molar-refractivity contribution in [3.05, 3.63) is 118 Å². The lowest BCUT2D eigenvalue weighted by Gasteiger charge is -2.38. The summed E-state index contributed by atoms with van der Waals surface area (Å²) in [4.78, 5) is 19.0. The molecular weight excluding hydrogens is 536 g/mol. The minimum Gasteiger partial charge on any atom is -0.466 e. The Morgan fingerprint density at radius 1 is 0.900 bits per heavy atom. The van der Waals surface area contributed by atoms with Crippen molar-refractivity contribution in [1.82, 2.24) is 10.2 Å². The third-order valence-corrected chi connectivity index (χ3v) is 6.44. The Bertz CT molecular complexity index is 1430. The molecule has 1 atom stereocenters. The molecule has 0 bridgehead atoms. The van der Waals surface area contributed by atoms with Gasteiger partial charge in [-0.05, 0) is 41.8 Å². The summed E-state index contributed by atoms with van der Waals surface area (Å²) >= 11 is 0. The third kappa shape index (κ3) is 6.30. The van der Waals surface area contributed by atoms with Crippen LogP contribution in [-0.4, -0.2) is 23.9 Å². The number of hydrogen-bond donors (Lipinski definition) is 1. The molecule has 0 spiro atoms. The summed E-state index contributed by atoms with van der Waals surface area (Å²) in [5.74, 6) is -0.795. The number of allylic oxidation sites excluding steroid dienone is 1. The van der Waals surface area contributed by atoms with Crippen LogP contribution in [0.25, 0.3) is 0 Å². The number of aliphatic imine (C=N–C) groups is 1. The van der Waals surface area contributed by atoms with Crippen molar-refractivity contribution in [2.45, 2.75) is 38.4 Å². The van der Waals surface area contributed by atoms with Crippen LogP contribution in [-0.2, 0) is 35.0 Å². The molecule has 0 fully saturated rings. The number of esters is 1. The highest BCUT2D eigenvalue weighted by Crippen LogP contribution is 2.40. The van der Waals surface area contributed by atoms with Gasteiger partial charge < -0.3 is 15.0 Å². The van der Waals surface area contributed by atoms with E-state index in [9.17, 15) is 31.1 Å². The maximum atomic E-state index is 14.0. The first kappa shape index (κ1) is 28.7. The number of benzene rings is 3. The van der Waals surface area contributed by atoms with Gasteiger partial charge in [0, 0.05) is 5.70 Å². The molecule has 3 aromatic rings. The molecule has 1 N–H and O–H groups in total. The Balaban J connectivity index is 1.87. The van der Waals surface area contributed by atoms with Crippen LogP contribution in [0, 0.1) is 0 Å². The van der Waals surface area contributed by atoms with Gasteiger partial charge >= 0.3 is 18.3 Å². The standard InChI is InChI=1S/C29H25F6N3O2/c1-18-24(26(39)40-2)25(22-13-6-7-14-23(22)29(33,34)35)37-27(36-16-19-9-4-3-5-10-19)38(18)17-20-11-8-12-21(15-20)28(30,31)32/h3-15,25H,16-17H2,1-2H3,(H,36,37). The normalized spacial score (nSPS) is 17.1. The van der Waals surface area contributed by atoms with Gasteiger partial charge in [0.05, 0.1) is 42.9 Å². The van der Waals surface area contributed by atoms with Gasteiger partial charge in [-0.2, -0.15) is 26.3 Å². The smallest absolute Gasteiger partial charge is 0.416 e. The summed E-state index contributed by atoms with van der Waals surface area (Å²) < 4.78 is 87.0. The van der Waals surface area contributed by atoms with Crippen LogP contribution in [0.2, 0.25) is 0 Å². The van der Waals surface area contributed by atoms with Crippen molar-refractivity contribution in [2.75, 3.05) is 7.11 Å². The Kier molecular flexibility index (Phi) is 8.22. The number of guanidine groups is 1. The summed E-state index contributed by atoms with van der Waals surface area (Å²) in [6, 6.07) is 17.2. The van der Waals surface area contributed by atoms with E-state index in [2.05, 4.69) is 10.3 Å². The molecule has 1 aliphatic rings. The lowest BCUT2D eigenvalue weighted by molar-refractivity contribution is -0.140. The fourth-order valence-corrected chi connectivity index (χ4v) is 4.51. The van der Waals surface area contributed by atoms with Gasteiger partial charge in [0.1, 0.15) is 0 Å².